The molecule has 8 nitrogen and oxygen atoms in total. The number of likely N-dealkylation sites (N-methyl/N-ethyl adjacent to an activating group) is 1. The average Bonchev–Trinajstić information content (AvgIpc) is 2.91. The van der Waals surface area contributed by atoms with E-state index in [0.717, 1.165) is 69.1 Å². The van der Waals surface area contributed by atoms with Crippen LogP contribution in [0.25, 0.3) is 0 Å². The van der Waals surface area contributed by atoms with Gasteiger partial charge in [0, 0.05) is 69.5 Å². The fraction of sp³-hybridized carbons (Fsp3) is 0.500. The highest BCUT2D eigenvalue weighted by Gasteiger charge is 2.25. The van der Waals surface area contributed by atoms with Gasteiger partial charge in [0.2, 0.25) is 0 Å². The molecule has 2 aliphatic heterocycles. The van der Waals surface area contributed by atoms with Gasteiger partial charge in [-0.1, -0.05) is 12.1 Å². The third kappa shape index (κ3) is 7.21. The molecule has 2 aromatic rings. The van der Waals surface area contributed by atoms with Gasteiger partial charge in [-0.15, -0.1) is 0 Å². The molecule has 2 heterocycles. The molecule has 0 bridgehead atoms. The maximum absolute atomic E-state index is 12.9. The molecule has 0 saturated carbocycles. The molecule has 2 saturated heterocycles. The van der Waals surface area contributed by atoms with Gasteiger partial charge in [0.1, 0.15) is 5.75 Å². The lowest BCUT2D eigenvalue weighted by atomic mass is 9.89. The number of anilines is 1. The lowest BCUT2D eigenvalue weighted by Crippen LogP contribution is -2.46. The minimum atomic E-state index is -0.0957. The summed E-state index contributed by atoms with van der Waals surface area (Å²) in [5.41, 5.74) is 2.54. The Hall–Kier alpha value is -3.10. The number of benzene rings is 2. The third-order valence-corrected chi connectivity index (χ3v) is 7.05. The van der Waals surface area contributed by atoms with Crippen LogP contribution < -0.4 is 15.4 Å². The van der Waals surface area contributed by atoms with E-state index in [9.17, 15) is 9.59 Å². The zero-order valence-corrected chi connectivity index (χ0v) is 21.5. The maximum Gasteiger partial charge on any atom is 0.321 e. The predicted octanol–water partition coefficient (Wildman–Crippen LogP) is 3.47. The van der Waals surface area contributed by atoms with Crippen LogP contribution in [0.5, 0.6) is 5.75 Å². The standard InChI is InChI=1S/C28H39N5O3/c1-3-36-26-11-9-25(10-12-26)30-28(35)33-14-5-8-24(21-33)22-6-4-7-23(20-22)27(34)29-13-15-32-18-16-31(2)17-19-32/h4,6-7,9-12,20,24H,3,5,8,13-19,21H2,1-2H3,(H,29,34)(H,30,35)/t24-/m1/s1. The van der Waals surface area contributed by atoms with E-state index in [2.05, 4.69) is 33.5 Å². The molecule has 0 unspecified atom stereocenters. The molecule has 2 aromatic carbocycles. The first kappa shape index (κ1) is 26.0. The zero-order chi connectivity index (χ0) is 25.3. The Morgan fingerprint density at radius 2 is 1.81 bits per heavy atom. The van der Waals surface area contributed by atoms with Crippen LogP contribution >= 0.6 is 0 Å². The van der Waals surface area contributed by atoms with E-state index >= 15 is 0 Å². The molecule has 3 amide bonds. The summed E-state index contributed by atoms with van der Waals surface area (Å²) in [7, 11) is 2.14. The Bertz CT molecular complexity index is 1000. The molecule has 1 atom stereocenters. The van der Waals surface area contributed by atoms with E-state index < -0.39 is 0 Å². The van der Waals surface area contributed by atoms with Gasteiger partial charge in [-0.25, -0.2) is 4.79 Å². The minimum Gasteiger partial charge on any atom is -0.494 e. The van der Waals surface area contributed by atoms with E-state index in [-0.39, 0.29) is 17.9 Å². The average molecular weight is 494 g/mol. The Labute approximate surface area is 214 Å². The van der Waals surface area contributed by atoms with Crippen molar-refractivity contribution in [2.24, 2.45) is 0 Å². The van der Waals surface area contributed by atoms with Gasteiger partial charge >= 0.3 is 6.03 Å². The Kier molecular flexibility index (Phi) is 9.19. The molecule has 4 rings (SSSR count). The molecule has 2 fully saturated rings. The lowest BCUT2D eigenvalue weighted by Gasteiger charge is -2.33. The van der Waals surface area contributed by atoms with Gasteiger partial charge in [-0.2, -0.15) is 0 Å². The molecule has 2 N–H and O–H groups in total. The first-order chi connectivity index (χ1) is 17.5. The quantitative estimate of drug-likeness (QED) is 0.589. The number of piperazine rings is 1. The second-order valence-corrected chi connectivity index (χ2v) is 9.70. The first-order valence-corrected chi connectivity index (χ1v) is 13.1. The number of urea groups is 1. The van der Waals surface area contributed by atoms with E-state index in [1.165, 1.54) is 0 Å². The molecule has 8 heteroatoms. The predicted molar refractivity (Wildman–Crippen MR) is 143 cm³/mol. The van der Waals surface area contributed by atoms with Crippen molar-refractivity contribution in [2.45, 2.75) is 25.7 Å². The highest BCUT2D eigenvalue weighted by molar-refractivity contribution is 5.94. The second-order valence-electron chi connectivity index (χ2n) is 9.70. The fourth-order valence-corrected chi connectivity index (χ4v) is 4.87. The molecule has 36 heavy (non-hydrogen) atoms. The van der Waals surface area contributed by atoms with Crippen molar-refractivity contribution in [3.8, 4) is 5.75 Å². The highest BCUT2D eigenvalue weighted by atomic mass is 16.5. The molecule has 194 valence electrons. The number of hydrogen-bond donors (Lipinski definition) is 2. The Morgan fingerprint density at radius 1 is 1.03 bits per heavy atom. The van der Waals surface area contributed by atoms with Crippen molar-refractivity contribution in [3.05, 3.63) is 59.7 Å². The Balaban J connectivity index is 1.29. The van der Waals surface area contributed by atoms with Crippen LogP contribution in [0.4, 0.5) is 10.5 Å². The summed E-state index contributed by atoms with van der Waals surface area (Å²) in [6, 6.07) is 15.2. The molecular formula is C28H39N5O3. The summed E-state index contributed by atoms with van der Waals surface area (Å²) < 4.78 is 5.47. The fourth-order valence-electron chi connectivity index (χ4n) is 4.87. The van der Waals surface area contributed by atoms with E-state index in [1.54, 1.807) is 0 Å². The number of likely N-dealkylation sites (tertiary alicyclic amines) is 1. The number of nitrogens with one attached hydrogen (secondary N) is 2. The molecule has 2 aliphatic rings. The van der Waals surface area contributed by atoms with Crippen LogP contribution in [0.3, 0.4) is 0 Å². The van der Waals surface area contributed by atoms with Crippen molar-refractivity contribution >= 4 is 17.6 Å². The number of nitrogens with zero attached hydrogens (tertiary/aromatic N) is 3. The number of piperidine rings is 1. The van der Waals surface area contributed by atoms with Crippen molar-refractivity contribution in [1.29, 1.82) is 0 Å². The van der Waals surface area contributed by atoms with Crippen LogP contribution in [0, 0.1) is 0 Å². The number of hydrogen-bond acceptors (Lipinski definition) is 5. The maximum atomic E-state index is 12.9. The van der Waals surface area contributed by atoms with E-state index in [0.29, 0.717) is 25.3 Å². The second kappa shape index (κ2) is 12.7. The molecule has 0 spiro atoms. The largest absolute Gasteiger partial charge is 0.494 e. The summed E-state index contributed by atoms with van der Waals surface area (Å²) in [6.07, 6.45) is 1.93. The monoisotopic (exact) mass is 493 g/mol. The van der Waals surface area contributed by atoms with E-state index in [4.69, 9.17) is 4.74 Å². The third-order valence-electron chi connectivity index (χ3n) is 7.05. The topological polar surface area (TPSA) is 77.1 Å². The van der Waals surface area contributed by atoms with Crippen LogP contribution in [-0.4, -0.2) is 92.7 Å². The Morgan fingerprint density at radius 3 is 2.56 bits per heavy atom. The van der Waals surface area contributed by atoms with Crippen LogP contribution in [-0.2, 0) is 0 Å². The number of amides is 3. The lowest BCUT2D eigenvalue weighted by molar-refractivity contribution is 0.0940. The van der Waals surface area contributed by atoms with Crippen LogP contribution in [0.15, 0.2) is 48.5 Å². The molecular weight excluding hydrogens is 454 g/mol. The molecule has 0 aliphatic carbocycles. The van der Waals surface area contributed by atoms with Gasteiger partial charge in [0.15, 0.2) is 0 Å². The van der Waals surface area contributed by atoms with Gasteiger partial charge in [0.25, 0.3) is 5.91 Å². The van der Waals surface area contributed by atoms with Crippen LogP contribution in [0.2, 0.25) is 0 Å². The smallest absolute Gasteiger partial charge is 0.321 e. The van der Waals surface area contributed by atoms with Crippen molar-refractivity contribution in [3.63, 3.8) is 0 Å². The highest BCUT2D eigenvalue weighted by Crippen LogP contribution is 2.28. The first-order valence-electron chi connectivity index (χ1n) is 13.1. The zero-order valence-electron chi connectivity index (χ0n) is 21.5. The van der Waals surface area contributed by atoms with Gasteiger partial charge < -0.3 is 25.2 Å². The normalized spacial score (nSPS) is 19.1. The molecule has 0 aromatic heterocycles. The number of ether oxygens (including phenoxy) is 1. The summed E-state index contributed by atoms with van der Waals surface area (Å²) in [5, 5.41) is 6.07. The summed E-state index contributed by atoms with van der Waals surface area (Å²) in [4.78, 5) is 32.3. The number of rotatable bonds is 8. The van der Waals surface area contributed by atoms with Gasteiger partial charge in [0.05, 0.1) is 6.61 Å². The van der Waals surface area contributed by atoms with Crippen LogP contribution in [0.1, 0.15) is 41.6 Å². The van der Waals surface area contributed by atoms with Gasteiger partial charge in [-0.05, 0) is 68.8 Å². The number of carbonyl (C=O) groups is 2. The molecule has 0 radical (unpaired) electrons. The minimum absolute atomic E-state index is 0.0353. The van der Waals surface area contributed by atoms with E-state index in [1.807, 2.05) is 54.3 Å². The number of carbonyl (C=O) groups excluding carboxylic acids is 2. The van der Waals surface area contributed by atoms with Crippen molar-refractivity contribution < 1.29 is 14.3 Å². The SMILES string of the molecule is CCOc1ccc(NC(=O)N2CCC[C@@H](c3cccc(C(=O)NCCN4CCN(C)CC4)c3)C2)cc1. The van der Waals surface area contributed by atoms with Crippen molar-refractivity contribution in [1.82, 2.24) is 20.0 Å². The van der Waals surface area contributed by atoms with Gasteiger partial charge in [-0.3, -0.25) is 9.69 Å². The summed E-state index contributed by atoms with van der Waals surface area (Å²) in [5.74, 6) is 0.964. The van der Waals surface area contributed by atoms with Crippen molar-refractivity contribution in [2.75, 3.05) is 71.3 Å². The summed E-state index contributed by atoms with van der Waals surface area (Å²) >= 11 is 0. The summed E-state index contributed by atoms with van der Waals surface area (Å²) in [6.45, 7) is 9.69.